The van der Waals surface area contributed by atoms with Gasteiger partial charge in [0.25, 0.3) is 0 Å². The SMILES string of the molecule is O=C(Cc1csc(-c2ccccc2Cl)n1)NOC1CCCCO1. The molecule has 3 rings (SSSR count). The molecule has 0 radical (unpaired) electrons. The molecule has 1 amide bonds. The van der Waals surface area contributed by atoms with E-state index in [2.05, 4.69) is 10.5 Å². The van der Waals surface area contributed by atoms with Gasteiger partial charge in [0.2, 0.25) is 5.91 Å². The van der Waals surface area contributed by atoms with Crippen LogP contribution in [0.25, 0.3) is 10.6 Å². The molecular weight excluding hydrogens is 336 g/mol. The van der Waals surface area contributed by atoms with Crippen molar-refractivity contribution in [2.45, 2.75) is 32.0 Å². The Hall–Kier alpha value is -1.47. The van der Waals surface area contributed by atoms with E-state index in [1.54, 1.807) is 0 Å². The quantitative estimate of drug-likeness (QED) is 0.835. The number of carbonyl (C=O) groups excluding carboxylic acids is 1. The fourth-order valence-corrected chi connectivity index (χ4v) is 3.42. The Bertz CT molecular complexity index is 671. The molecule has 2 heterocycles. The molecule has 0 bridgehead atoms. The van der Waals surface area contributed by atoms with Crippen LogP contribution in [0.2, 0.25) is 5.02 Å². The Kier molecular flexibility index (Phi) is 5.61. The number of nitrogens with zero attached hydrogens (tertiary/aromatic N) is 1. The van der Waals surface area contributed by atoms with Gasteiger partial charge in [-0.15, -0.1) is 11.3 Å². The second-order valence-electron chi connectivity index (χ2n) is 5.24. The van der Waals surface area contributed by atoms with Crippen LogP contribution in [0.4, 0.5) is 0 Å². The summed E-state index contributed by atoms with van der Waals surface area (Å²) in [6, 6.07) is 7.52. The summed E-state index contributed by atoms with van der Waals surface area (Å²) in [4.78, 5) is 21.6. The van der Waals surface area contributed by atoms with Crippen LogP contribution in [0.15, 0.2) is 29.6 Å². The van der Waals surface area contributed by atoms with Gasteiger partial charge in [0.15, 0.2) is 6.29 Å². The zero-order chi connectivity index (χ0) is 16.1. The highest BCUT2D eigenvalue weighted by Gasteiger charge is 2.16. The van der Waals surface area contributed by atoms with Crippen LogP contribution in [-0.4, -0.2) is 23.8 Å². The number of hydrogen-bond acceptors (Lipinski definition) is 5. The van der Waals surface area contributed by atoms with Gasteiger partial charge in [-0.2, -0.15) is 0 Å². The zero-order valence-corrected chi connectivity index (χ0v) is 14.0. The number of rotatable bonds is 5. The Balaban J connectivity index is 1.54. The second-order valence-corrected chi connectivity index (χ2v) is 6.51. The van der Waals surface area contributed by atoms with Crippen LogP contribution in [0.1, 0.15) is 25.0 Å². The first-order valence-corrected chi connectivity index (χ1v) is 8.73. The number of ether oxygens (including phenoxy) is 1. The van der Waals surface area contributed by atoms with Crippen molar-refractivity contribution in [1.82, 2.24) is 10.5 Å². The van der Waals surface area contributed by atoms with Gasteiger partial charge in [0.1, 0.15) is 5.01 Å². The minimum Gasteiger partial charge on any atom is -0.350 e. The summed E-state index contributed by atoms with van der Waals surface area (Å²) in [5.74, 6) is -0.241. The third-order valence-electron chi connectivity index (χ3n) is 3.44. The average Bonchev–Trinajstić information content (AvgIpc) is 3.02. The fraction of sp³-hybridized carbons (Fsp3) is 0.375. The topological polar surface area (TPSA) is 60.5 Å². The molecule has 23 heavy (non-hydrogen) atoms. The predicted octanol–water partition coefficient (Wildman–Crippen LogP) is 3.58. The maximum absolute atomic E-state index is 11.9. The standard InChI is InChI=1S/C16H17ClN2O3S/c17-13-6-2-1-5-12(13)16-18-11(10-23-16)9-14(20)19-22-15-7-3-4-8-21-15/h1-2,5-6,10,15H,3-4,7-9H2,(H,19,20). The maximum atomic E-state index is 11.9. The average molecular weight is 353 g/mol. The molecule has 2 aromatic rings. The molecule has 0 aliphatic carbocycles. The number of benzene rings is 1. The first-order chi connectivity index (χ1) is 11.2. The fourth-order valence-electron chi connectivity index (χ4n) is 2.28. The molecule has 1 saturated heterocycles. The van der Waals surface area contributed by atoms with Crippen LogP contribution in [0.3, 0.4) is 0 Å². The molecule has 0 spiro atoms. The summed E-state index contributed by atoms with van der Waals surface area (Å²) in [5, 5.41) is 3.31. The van der Waals surface area contributed by atoms with Gasteiger partial charge >= 0.3 is 0 Å². The van der Waals surface area contributed by atoms with Gasteiger partial charge in [-0.1, -0.05) is 29.8 Å². The molecule has 1 atom stereocenters. The van der Waals surface area contributed by atoms with Crippen LogP contribution in [-0.2, 0) is 20.8 Å². The van der Waals surface area contributed by atoms with E-state index >= 15 is 0 Å². The number of hydrogen-bond donors (Lipinski definition) is 1. The van der Waals surface area contributed by atoms with Crippen LogP contribution < -0.4 is 5.48 Å². The molecule has 0 saturated carbocycles. The maximum Gasteiger partial charge on any atom is 0.249 e. The third kappa shape index (κ3) is 4.51. The number of carbonyl (C=O) groups is 1. The predicted molar refractivity (Wildman–Crippen MR) is 89.1 cm³/mol. The van der Waals surface area contributed by atoms with Crippen molar-refractivity contribution in [2.24, 2.45) is 0 Å². The lowest BCUT2D eigenvalue weighted by Gasteiger charge is -2.21. The van der Waals surface area contributed by atoms with Crippen molar-refractivity contribution in [2.75, 3.05) is 6.61 Å². The molecule has 1 aromatic heterocycles. The number of hydroxylamine groups is 1. The van der Waals surface area contributed by atoms with E-state index in [1.807, 2.05) is 29.6 Å². The van der Waals surface area contributed by atoms with Gasteiger partial charge in [-0.05, 0) is 18.9 Å². The van der Waals surface area contributed by atoms with Crippen molar-refractivity contribution in [3.8, 4) is 10.6 Å². The van der Waals surface area contributed by atoms with Crippen LogP contribution in [0.5, 0.6) is 0 Å². The largest absolute Gasteiger partial charge is 0.350 e. The highest BCUT2D eigenvalue weighted by molar-refractivity contribution is 7.13. The number of nitrogens with one attached hydrogen (secondary N) is 1. The Morgan fingerprint density at radius 3 is 3.09 bits per heavy atom. The van der Waals surface area contributed by atoms with E-state index in [4.69, 9.17) is 21.2 Å². The highest BCUT2D eigenvalue weighted by atomic mass is 35.5. The van der Waals surface area contributed by atoms with Gasteiger partial charge in [-0.3, -0.25) is 4.79 Å². The van der Waals surface area contributed by atoms with Crippen LogP contribution in [0, 0.1) is 0 Å². The van der Waals surface area contributed by atoms with Crippen molar-refractivity contribution in [3.63, 3.8) is 0 Å². The number of amides is 1. The second kappa shape index (κ2) is 7.88. The van der Waals surface area contributed by atoms with E-state index in [9.17, 15) is 4.79 Å². The number of halogens is 1. The summed E-state index contributed by atoms with van der Waals surface area (Å²) in [7, 11) is 0. The lowest BCUT2D eigenvalue weighted by molar-refractivity contribution is -0.200. The van der Waals surface area contributed by atoms with E-state index in [-0.39, 0.29) is 18.6 Å². The van der Waals surface area contributed by atoms with E-state index in [0.717, 1.165) is 29.8 Å². The number of aromatic nitrogens is 1. The summed E-state index contributed by atoms with van der Waals surface area (Å²) in [6.07, 6.45) is 2.70. The minimum absolute atomic E-state index is 0.160. The Morgan fingerprint density at radius 1 is 1.43 bits per heavy atom. The number of thiazole rings is 1. The molecule has 7 heteroatoms. The summed E-state index contributed by atoms with van der Waals surface area (Å²) < 4.78 is 5.39. The van der Waals surface area contributed by atoms with E-state index in [0.29, 0.717) is 17.3 Å². The van der Waals surface area contributed by atoms with Gasteiger partial charge in [0.05, 0.1) is 17.1 Å². The molecule has 5 nitrogen and oxygen atoms in total. The molecule has 1 aliphatic heterocycles. The van der Waals surface area contributed by atoms with Crippen molar-refractivity contribution in [3.05, 3.63) is 40.4 Å². The molecular formula is C16H17ClN2O3S. The minimum atomic E-state index is -0.346. The first-order valence-electron chi connectivity index (χ1n) is 7.48. The summed E-state index contributed by atoms with van der Waals surface area (Å²) in [5.41, 5.74) is 4.00. The summed E-state index contributed by atoms with van der Waals surface area (Å²) >= 11 is 7.63. The van der Waals surface area contributed by atoms with Crippen molar-refractivity contribution >= 4 is 28.8 Å². The first kappa shape index (κ1) is 16.4. The van der Waals surface area contributed by atoms with Crippen molar-refractivity contribution < 1.29 is 14.4 Å². The third-order valence-corrected chi connectivity index (χ3v) is 4.69. The Morgan fingerprint density at radius 2 is 2.30 bits per heavy atom. The molecule has 1 fully saturated rings. The normalized spacial score (nSPS) is 17.9. The lowest BCUT2D eigenvalue weighted by atomic mass is 10.2. The smallest absolute Gasteiger partial charge is 0.249 e. The van der Waals surface area contributed by atoms with E-state index < -0.39 is 0 Å². The van der Waals surface area contributed by atoms with Gasteiger partial charge in [-0.25, -0.2) is 15.3 Å². The molecule has 1 unspecified atom stereocenters. The summed E-state index contributed by atoms with van der Waals surface area (Å²) in [6.45, 7) is 0.674. The molecule has 1 aliphatic rings. The van der Waals surface area contributed by atoms with Gasteiger partial charge in [0, 0.05) is 24.0 Å². The lowest BCUT2D eigenvalue weighted by Crippen LogP contribution is -2.33. The molecule has 1 aromatic carbocycles. The molecule has 122 valence electrons. The van der Waals surface area contributed by atoms with Crippen LogP contribution >= 0.6 is 22.9 Å². The molecule has 1 N–H and O–H groups in total. The Labute approximate surface area is 143 Å². The monoisotopic (exact) mass is 352 g/mol. The zero-order valence-electron chi connectivity index (χ0n) is 12.5. The van der Waals surface area contributed by atoms with Gasteiger partial charge < -0.3 is 4.74 Å². The van der Waals surface area contributed by atoms with Crippen molar-refractivity contribution in [1.29, 1.82) is 0 Å². The highest BCUT2D eigenvalue weighted by Crippen LogP contribution is 2.30. The van der Waals surface area contributed by atoms with E-state index in [1.165, 1.54) is 11.3 Å².